The highest BCUT2D eigenvalue weighted by atomic mass is 32.2. The molecule has 350 valence electrons. The molecule has 3 heteroatoms. The van der Waals surface area contributed by atoms with Crippen LogP contribution in [0.15, 0.2) is 283 Å². The van der Waals surface area contributed by atoms with E-state index in [4.69, 9.17) is 4.74 Å². The first kappa shape index (κ1) is 42.4. The first-order valence-electron chi connectivity index (χ1n) is 25.9. The van der Waals surface area contributed by atoms with Crippen LogP contribution in [0.25, 0.3) is 55.3 Å². The van der Waals surface area contributed by atoms with Crippen molar-refractivity contribution in [1.29, 1.82) is 0 Å². The molecule has 2 heterocycles. The topological polar surface area (TPSA) is 12.5 Å². The molecule has 2 nitrogen and oxygen atoms in total. The molecule has 12 aromatic carbocycles. The quantitative estimate of drug-likeness (QED) is 0.171. The maximum atomic E-state index is 6.77. The van der Waals surface area contributed by atoms with Gasteiger partial charge in [0.1, 0.15) is 11.5 Å². The third-order valence-corrected chi connectivity index (χ3v) is 17.8. The molecule has 0 unspecified atom stereocenters. The van der Waals surface area contributed by atoms with Gasteiger partial charge >= 0.3 is 0 Å². The van der Waals surface area contributed by atoms with E-state index in [1.165, 1.54) is 98.5 Å². The van der Waals surface area contributed by atoms with Gasteiger partial charge in [-0.3, -0.25) is 0 Å². The number of hydrogen-bond donors (Lipinski definition) is 0. The lowest BCUT2D eigenvalue weighted by molar-refractivity contribution is 0.436. The smallest absolute Gasteiger partial charge is 0.132 e. The summed E-state index contributed by atoms with van der Waals surface area (Å²) in [7, 11) is 0. The van der Waals surface area contributed by atoms with Crippen molar-refractivity contribution < 1.29 is 4.74 Å². The first-order chi connectivity index (χ1) is 37.2. The molecule has 75 heavy (non-hydrogen) atoms. The molecule has 0 fully saturated rings. The summed E-state index contributed by atoms with van der Waals surface area (Å²) in [5.41, 5.74) is 22.1. The van der Waals surface area contributed by atoms with Crippen LogP contribution in [0.3, 0.4) is 0 Å². The predicted octanol–water partition coefficient (Wildman–Crippen LogP) is 18.9. The van der Waals surface area contributed by atoms with E-state index in [0.717, 1.165) is 39.7 Å². The van der Waals surface area contributed by atoms with Crippen molar-refractivity contribution >= 4 is 39.6 Å². The van der Waals surface area contributed by atoms with Gasteiger partial charge in [0.05, 0.1) is 10.8 Å². The lowest BCUT2D eigenvalue weighted by Gasteiger charge is -2.40. The Labute approximate surface area is 440 Å². The van der Waals surface area contributed by atoms with Gasteiger partial charge in [-0.05, 0) is 149 Å². The van der Waals surface area contributed by atoms with Crippen LogP contribution in [-0.2, 0) is 10.8 Å². The average Bonchev–Trinajstić information content (AvgIpc) is 3.94. The van der Waals surface area contributed by atoms with Crippen LogP contribution in [0.2, 0.25) is 0 Å². The highest BCUT2D eigenvalue weighted by Gasteiger charge is 2.53. The number of fused-ring (bicyclic) bond motifs is 20. The minimum Gasteiger partial charge on any atom is -0.457 e. The van der Waals surface area contributed by atoms with E-state index in [1.54, 1.807) is 0 Å². The molecule has 2 aliphatic heterocycles. The fourth-order valence-corrected chi connectivity index (χ4v) is 14.7. The largest absolute Gasteiger partial charge is 0.457 e. The second kappa shape index (κ2) is 16.2. The second-order valence-electron chi connectivity index (χ2n) is 20.2. The van der Waals surface area contributed by atoms with Crippen molar-refractivity contribution in [1.82, 2.24) is 0 Å². The molecule has 0 bridgehead atoms. The lowest BCUT2D eigenvalue weighted by Crippen LogP contribution is -2.32. The fourth-order valence-electron chi connectivity index (χ4n) is 13.5. The van der Waals surface area contributed by atoms with Gasteiger partial charge in [-0.1, -0.05) is 224 Å². The number of ether oxygens (including phenoxy) is 1. The Morgan fingerprint density at radius 2 is 0.760 bits per heavy atom. The van der Waals surface area contributed by atoms with Crippen molar-refractivity contribution in [3.8, 4) is 56.0 Å². The van der Waals surface area contributed by atoms with E-state index in [2.05, 4.69) is 278 Å². The van der Waals surface area contributed by atoms with E-state index in [0.29, 0.717) is 0 Å². The Morgan fingerprint density at radius 1 is 0.293 bits per heavy atom. The first-order valence-corrected chi connectivity index (χ1v) is 26.7. The molecule has 4 aliphatic rings. The lowest BCUT2D eigenvalue weighted by atomic mass is 9.66. The van der Waals surface area contributed by atoms with E-state index in [9.17, 15) is 0 Å². The third kappa shape index (κ3) is 5.93. The standard InChI is InChI=1S/C72H45NOS/c1-2-16-46(17-3-1)47-30-32-48(33-31-47)49-34-37-51(38-35-49)73(53-39-41-56-55-20-6-7-21-58(55)71(65(56)45-53)60-22-8-12-26-66(60)74-67-27-13-9-23-61(67)71)52-40-43-59-57(44-52)70-54-19-5-4-18-50(54)36-42-64(70)72(59)62-24-10-14-28-68(62)75-69-29-15-11-25-63(69)72/h1-45H. The Hall–Kier alpha value is -9.15. The van der Waals surface area contributed by atoms with E-state index < -0.39 is 10.8 Å². The van der Waals surface area contributed by atoms with Gasteiger partial charge < -0.3 is 9.64 Å². The molecular weight excluding hydrogens is 927 g/mol. The number of nitrogens with zero attached hydrogens (tertiary/aromatic N) is 1. The normalized spacial score (nSPS) is 14.1. The Bertz CT molecular complexity index is 4220. The van der Waals surface area contributed by atoms with Crippen LogP contribution in [0.4, 0.5) is 17.1 Å². The van der Waals surface area contributed by atoms with Gasteiger partial charge in [-0.2, -0.15) is 0 Å². The Balaban J connectivity index is 0.940. The van der Waals surface area contributed by atoms with Gasteiger partial charge in [0, 0.05) is 38.0 Å². The molecule has 0 N–H and O–H groups in total. The molecule has 0 saturated heterocycles. The number of para-hydroxylation sites is 2. The van der Waals surface area contributed by atoms with Crippen LogP contribution in [0.1, 0.15) is 44.5 Å². The summed E-state index contributed by atoms with van der Waals surface area (Å²) in [5, 5.41) is 2.50. The molecular formula is C72H45NOS. The zero-order valence-electron chi connectivity index (χ0n) is 40.7. The van der Waals surface area contributed by atoms with Gasteiger partial charge in [-0.15, -0.1) is 0 Å². The molecule has 0 aromatic heterocycles. The maximum Gasteiger partial charge on any atom is 0.132 e. The van der Waals surface area contributed by atoms with E-state index >= 15 is 0 Å². The molecule has 0 radical (unpaired) electrons. The molecule has 0 atom stereocenters. The van der Waals surface area contributed by atoms with Crippen molar-refractivity contribution in [3.05, 3.63) is 317 Å². The van der Waals surface area contributed by atoms with Gasteiger partial charge in [0.15, 0.2) is 0 Å². The van der Waals surface area contributed by atoms with Crippen LogP contribution in [-0.4, -0.2) is 0 Å². The highest BCUT2D eigenvalue weighted by Crippen LogP contribution is 2.65. The SMILES string of the molecule is c1ccc(-c2ccc(-c3ccc(N(c4ccc5c(c4)-c4c(ccc6ccccc46)C54c5ccccc5Sc5ccccc54)c4ccc5c(c4)C4(c6ccccc6Oc6ccccc64)c4ccccc4-5)cc3)cc2)cc1. The van der Waals surface area contributed by atoms with Crippen LogP contribution in [0.5, 0.6) is 11.5 Å². The molecule has 2 aliphatic carbocycles. The maximum absolute atomic E-state index is 6.77. The summed E-state index contributed by atoms with van der Waals surface area (Å²) in [5.74, 6) is 1.77. The van der Waals surface area contributed by atoms with Gasteiger partial charge in [0.25, 0.3) is 0 Å². The number of anilines is 3. The molecule has 0 amide bonds. The summed E-state index contributed by atoms with van der Waals surface area (Å²) in [4.78, 5) is 5.09. The predicted molar refractivity (Wildman–Crippen MR) is 308 cm³/mol. The van der Waals surface area contributed by atoms with Gasteiger partial charge in [0.2, 0.25) is 0 Å². The number of benzene rings is 12. The van der Waals surface area contributed by atoms with Crippen LogP contribution in [0, 0.1) is 0 Å². The third-order valence-electron chi connectivity index (χ3n) is 16.6. The fraction of sp³-hybridized carbons (Fsp3) is 0.0278. The second-order valence-corrected chi connectivity index (χ2v) is 21.3. The average molecular weight is 972 g/mol. The summed E-state index contributed by atoms with van der Waals surface area (Å²) >= 11 is 1.89. The van der Waals surface area contributed by atoms with Crippen molar-refractivity contribution in [2.45, 2.75) is 20.6 Å². The zero-order valence-corrected chi connectivity index (χ0v) is 41.6. The summed E-state index contributed by atoms with van der Waals surface area (Å²) in [6.07, 6.45) is 0. The summed E-state index contributed by atoms with van der Waals surface area (Å²) < 4.78 is 6.77. The highest BCUT2D eigenvalue weighted by molar-refractivity contribution is 7.99. The van der Waals surface area contributed by atoms with Crippen LogP contribution < -0.4 is 9.64 Å². The Kier molecular flexibility index (Phi) is 9.14. The van der Waals surface area contributed by atoms with E-state index in [-0.39, 0.29) is 0 Å². The number of hydrogen-bond acceptors (Lipinski definition) is 3. The minimum atomic E-state index is -0.614. The summed E-state index contributed by atoms with van der Waals surface area (Å²) in [6, 6.07) is 101. The molecule has 16 rings (SSSR count). The molecule has 2 spiro atoms. The molecule has 12 aromatic rings. The number of rotatable bonds is 5. The van der Waals surface area contributed by atoms with Crippen LogP contribution >= 0.6 is 11.8 Å². The van der Waals surface area contributed by atoms with Crippen molar-refractivity contribution in [2.24, 2.45) is 0 Å². The summed E-state index contributed by atoms with van der Waals surface area (Å²) in [6.45, 7) is 0. The van der Waals surface area contributed by atoms with Crippen molar-refractivity contribution in [2.75, 3.05) is 4.90 Å². The van der Waals surface area contributed by atoms with E-state index in [1.807, 2.05) is 11.8 Å². The van der Waals surface area contributed by atoms with Gasteiger partial charge in [-0.25, -0.2) is 0 Å². The molecule has 0 saturated carbocycles. The zero-order chi connectivity index (χ0) is 49.2. The Morgan fingerprint density at radius 3 is 1.45 bits per heavy atom. The minimum absolute atomic E-state index is 0.510. The van der Waals surface area contributed by atoms with Crippen molar-refractivity contribution in [3.63, 3.8) is 0 Å². The monoisotopic (exact) mass is 971 g/mol.